The van der Waals surface area contributed by atoms with E-state index in [2.05, 4.69) is 17.0 Å². The minimum absolute atomic E-state index is 0.552. The predicted octanol–water partition coefficient (Wildman–Crippen LogP) is 2.27. The van der Waals surface area contributed by atoms with E-state index in [1.165, 1.54) is 18.5 Å². The number of benzene rings is 1. The Morgan fingerprint density at radius 2 is 1.93 bits per heavy atom. The summed E-state index contributed by atoms with van der Waals surface area (Å²) in [6.45, 7) is 0.768. The van der Waals surface area contributed by atoms with Gasteiger partial charge in [-0.15, -0.1) is 0 Å². The lowest BCUT2D eigenvalue weighted by atomic mass is 9.83. The fourth-order valence-corrected chi connectivity index (χ4v) is 3.12. The fraction of sp³-hybridized carbons (Fsp3) is 0.500. The monoisotopic (exact) mass is 222 g/mol. The molecule has 1 aromatic rings. The van der Waals surface area contributed by atoms with Crippen molar-refractivity contribution in [2.45, 2.75) is 24.9 Å². The van der Waals surface area contributed by atoms with Crippen molar-refractivity contribution in [3.63, 3.8) is 0 Å². The Labute approximate surface area is 95.0 Å². The van der Waals surface area contributed by atoms with E-state index in [0.717, 1.165) is 23.5 Å². The lowest BCUT2D eigenvalue weighted by Gasteiger charge is -2.28. The molecule has 4 rings (SSSR count). The molecule has 3 fully saturated rings. The van der Waals surface area contributed by atoms with E-state index in [0.29, 0.717) is 6.04 Å². The summed E-state index contributed by atoms with van der Waals surface area (Å²) in [5, 5.41) is 0.801. The van der Waals surface area contributed by atoms with Gasteiger partial charge in [-0.05, 0) is 43.0 Å². The first-order valence-electron chi connectivity index (χ1n) is 5.53. The molecule has 1 atom stereocenters. The molecule has 2 nitrogen and oxygen atoms in total. The smallest absolute Gasteiger partial charge is 0.0445 e. The quantitative estimate of drug-likeness (QED) is 0.832. The zero-order valence-electron chi connectivity index (χ0n) is 8.57. The van der Waals surface area contributed by atoms with Crippen LogP contribution in [0, 0.1) is 5.92 Å². The molecule has 0 aromatic heterocycles. The molecule has 2 aliphatic heterocycles. The average Bonchev–Trinajstić information content (AvgIpc) is 2.71. The summed E-state index contributed by atoms with van der Waals surface area (Å²) in [5.74, 6) is 0.829. The number of hydrogen-bond acceptors (Lipinski definition) is 2. The summed E-state index contributed by atoms with van der Waals surface area (Å²) in [6.07, 6.45) is 2.65. The van der Waals surface area contributed by atoms with Crippen LogP contribution in [-0.2, 0) is 0 Å². The first-order chi connectivity index (χ1) is 7.29. The first kappa shape index (κ1) is 9.49. The fourth-order valence-electron chi connectivity index (χ4n) is 2.99. The van der Waals surface area contributed by atoms with Crippen molar-refractivity contribution in [1.29, 1.82) is 0 Å². The highest BCUT2D eigenvalue weighted by Gasteiger charge is 2.49. The molecule has 3 heteroatoms. The molecular formula is C12H15ClN2. The lowest BCUT2D eigenvalue weighted by Crippen LogP contribution is -2.36. The standard InChI is InChI=1S/C12H15ClN2/c13-9-1-3-10(4-2-9)15-11-5-8(6-11)12(15)7-14/h1-4,8,11-12H,5-7,14H2. The summed E-state index contributed by atoms with van der Waals surface area (Å²) in [4.78, 5) is 2.49. The van der Waals surface area contributed by atoms with Gasteiger partial charge in [-0.2, -0.15) is 0 Å². The number of fused-ring (bicyclic) bond motifs is 1. The molecule has 1 saturated carbocycles. The zero-order valence-corrected chi connectivity index (χ0v) is 9.32. The highest BCUT2D eigenvalue weighted by atomic mass is 35.5. The third-order valence-corrected chi connectivity index (χ3v) is 4.06. The summed E-state index contributed by atoms with van der Waals surface area (Å²) in [7, 11) is 0. The molecule has 0 radical (unpaired) electrons. The molecule has 2 saturated heterocycles. The summed E-state index contributed by atoms with van der Waals surface area (Å²) < 4.78 is 0. The Morgan fingerprint density at radius 1 is 1.27 bits per heavy atom. The van der Waals surface area contributed by atoms with E-state index in [-0.39, 0.29) is 0 Å². The maximum absolute atomic E-state index is 5.89. The zero-order chi connectivity index (χ0) is 10.4. The Morgan fingerprint density at radius 3 is 2.53 bits per heavy atom. The highest BCUT2D eigenvalue weighted by Crippen LogP contribution is 2.47. The van der Waals surface area contributed by atoms with Gasteiger partial charge in [0, 0.05) is 29.3 Å². The van der Waals surface area contributed by atoms with E-state index < -0.39 is 0 Å². The second-order valence-corrected chi connectivity index (χ2v) is 5.01. The Balaban J connectivity index is 1.90. The lowest BCUT2D eigenvalue weighted by molar-refractivity contribution is 0.354. The number of rotatable bonds is 2. The molecular weight excluding hydrogens is 208 g/mol. The molecule has 1 unspecified atom stereocenters. The molecule has 2 heterocycles. The number of halogens is 1. The van der Waals surface area contributed by atoms with Crippen molar-refractivity contribution in [2.75, 3.05) is 11.4 Å². The van der Waals surface area contributed by atoms with Crippen molar-refractivity contribution in [3.8, 4) is 0 Å². The SMILES string of the molecule is NCC1C2CC(C2)N1c1ccc(Cl)cc1. The molecule has 1 aliphatic carbocycles. The van der Waals surface area contributed by atoms with Crippen LogP contribution in [-0.4, -0.2) is 18.6 Å². The second-order valence-electron chi connectivity index (χ2n) is 4.57. The summed E-state index contributed by atoms with van der Waals surface area (Å²) in [6, 6.07) is 9.40. The maximum Gasteiger partial charge on any atom is 0.0445 e. The number of nitrogens with zero attached hydrogens (tertiary/aromatic N) is 1. The number of anilines is 1. The van der Waals surface area contributed by atoms with Crippen LogP contribution in [0.4, 0.5) is 5.69 Å². The van der Waals surface area contributed by atoms with Crippen LogP contribution < -0.4 is 10.6 Å². The van der Waals surface area contributed by atoms with Crippen molar-refractivity contribution < 1.29 is 0 Å². The van der Waals surface area contributed by atoms with Gasteiger partial charge in [-0.1, -0.05) is 11.6 Å². The van der Waals surface area contributed by atoms with Gasteiger partial charge in [0.05, 0.1) is 0 Å². The van der Waals surface area contributed by atoms with Crippen molar-refractivity contribution in [1.82, 2.24) is 0 Å². The molecule has 2 N–H and O–H groups in total. The largest absolute Gasteiger partial charge is 0.364 e. The van der Waals surface area contributed by atoms with E-state index in [4.69, 9.17) is 17.3 Å². The molecule has 80 valence electrons. The molecule has 0 amide bonds. The van der Waals surface area contributed by atoms with E-state index in [9.17, 15) is 0 Å². The minimum atomic E-state index is 0.552. The average molecular weight is 223 g/mol. The highest BCUT2D eigenvalue weighted by molar-refractivity contribution is 6.30. The van der Waals surface area contributed by atoms with Gasteiger partial charge >= 0.3 is 0 Å². The summed E-state index contributed by atoms with van der Waals surface area (Å²) in [5.41, 5.74) is 7.12. The van der Waals surface area contributed by atoms with Gasteiger partial charge < -0.3 is 10.6 Å². The van der Waals surface area contributed by atoms with Crippen molar-refractivity contribution in [3.05, 3.63) is 29.3 Å². The molecule has 0 spiro atoms. The van der Waals surface area contributed by atoms with Crippen LogP contribution in [0.2, 0.25) is 5.02 Å². The van der Waals surface area contributed by atoms with Crippen molar-refractivity contribution >= 4 is 17.3 Å². The molecule has 1 aromatic carbocycles. The second kappa shape index (κ2) is 3.39. The van der Waals surface area contributed by atoms with E-state index in [1.54, 1.807) is 0 Å². The molecule has 3 aliphatic rings. The van der Waals surface area contributed by atoms with Gasteiger partial charge in [0.1, 0.15) is 0 Å². The Kier molecular flexibility index (Phi) is 2.15. The van der Waals surface area contributed by atoms with Crippen molar-refractivity contribution in [2.24, 2.45) is 11.7 Å². The third kappa shape index (κ3) is 1.35. The molecule has 15 heavy (non-hydrogen) atoms. The number of hydrogen-bond donors (Lipinski definition) is 1. The molecule has 2 bridgehead atoms. The minimum Gasteiger partial charge on any atom is -0.364 e. The van der Waals surface area contributed by atoms with Gasteiger partial charge in [0.15, 0.2) is 0 Å². The predicted molar refractivity (Wildman–Crippen MR) is 63.3 cm³/mol. The maximum atomic E-state index is 5.89. The summed E-state index contributed by atoms with van der Waals surface area (Å²) >= 11 is 5.89. The van der Waals surface area contributed by atoms with Gasteiger partial charge in [-0.25, -0.2) is 0 Å². The van der Waals surface area contributed by atoms with E-state index in [1.807, 2.05) is 12.1 Å². The van der Waals surface area contributed by atoms with Crippen LogP contribution in [0.1, 0.15) is 12.8 Å². The normalized spacial score (nSPS) is 32.9. The van der Waals surface area contributed by atoms with Crippen LogP contribution in [0.25, 0.3) is 0 Å². The number of nitrogens with two attached hydrogens (primary N) is 1. The van der Waals surface area contributed by atoms with Crippen LogP contribution in [0.3, 0.4) is 0 Å². The van der Waals surface area contributed by atoms with Crippen LogP contribution >= 0.6 is 11.6 Å². The van der Waals surface area contributed by atoms with Gasteiger partial charge in [0.2, 0.25) is 0 Å². The van der Waals surface area contributed by atoms with Gasteiger partial charge in [0.25, 0.3) is 0 Å². The van der Waals surface area contributed by atoms with Gasteiger partial charge in [-0.3, -0.25) is 0 Å². The Hall–Kier alpha value is -0.730. The van der Waals surface area contributed by atoms with E-state index >= 15 is 0 Å². The van der Waals surface area contributed by atoms with Crippen LogP contribution in [0.15, 0.2) is 24.3 Å². The topological polar surface area (TPSA) is 29.3 Å². The third-order valence-electron chi connectivity index (χ3n) is 3.81. The Bertz CT molecular complexity index is 356. The van der Waals surface area contributed by atoms with Crippen LogP contribution in [0.5, 0.6) is 0 Å². The first-order valence-corrected chi connectivity index (χ1v) is 5.91.